The van der Waals surface area contributed by atoms with Gasteiger partial charge in [0.2, 0.25) is 0 Å². The van der Waals surface area contributed by atoms with Gasteiger partial charge in [-0.05, 0) is 55.2 Å². The van der Waals surface area contributed by atoms with Crippen LogP contribution >= 0.6 is 0 Å². The van der Waals surface area contributed by atoms with E-state index in [9.17, 15) is 4.79 Å². The van der Waals surface area contributed by atoms with Gasteiger partial charge in [-0.3, -0.25) is 4.79 Å². The highest BCUT2D eigenvalue weighted by Crippen LogP contribution is 2.61. The lowest BCUT2D eigenvalue weighted by Gasteiger charge is -2.17. The lowest BCUT2D eigenvalue weighted by atomic mass is 10.0. The van der Waals surface area contributed by atoms with Crippen molar-refractivity contribution < 1.29 is 4.79 Å². The van der Waals surface area contributed by atoms with Crippen LogP contribution in [0.1, 0.15) is 36.0 Å². The Kier molecular flexibility index (Phi) is 2.47. The summed E-state index contributed by atoms with van der Waals surface area (Å²) in [6, 6.07) is 5.28. The number of anilines is 2. The van der Waals surface area contributed by atoms with Gasteiger partial charge in [0.1, 0.15) is 0 Å². The zero-order valence-corrected chi connectivity index (χ0v) is 10.4. The summed E-state index contributed by atoms with van der Waals surface area (Å²) in [5, 5.41) is 3.39. The maximum Gasteiger partial charge on any atom is 0.250 e. The summed E-state index contributed by atoms with van der Waals surface area (Å²) in [5.74, 6) is 0.469. The van der Waals surface area contributed by atoms with Crippen LogP contribution in [0.2, 0.25) is 0 Å². The van der Waals surface area contributed by atoms with Crippen molar-refractivity contribution in [1.82, 2.24) is 0 Å². The number of amides is 1. The first-order chi connectivity index (χ1) is 8.61. The predicted molar refractivity (Wildman–Crippen MR) is 72.3 cm³/mol. The Balaban J connectivity index is 1.74. The average Bonchev–Trinajstić information content (AvgIpc) is 3.19. The molecule has 1 amide bonds. The van der Waals surface area contributed by atoms with Crippen molar-refractivity contribution in [3.8, 4) is 0 Å². The molecule has 0 aliphatic heterocycles. The van der Waals surface area contributed by atoms with E-state index in [0.29, 0.717) is 16.7 Å². The van der Waals surface area contributed by atoms with Gasteiger partial charge < -0.3 is 16.8 Å². The average molecular weight is 245 g/mol. The second-order valence-electron chi connectivity index (χ2n) is 5.66. The lowest BCUT2D eigenvalue weighted by Crippen LogP contribution is -2.20. The number of benzene rings is 1. The molecule has 2 aliphatic rings. The Labute approximate surface area is 107 Å². The molecule has 0 spiro atoms. The Hall–Kier alpha value is -1.71. The molecule has 1 aromatic rings. The van der Waals surface area contributed by atoms with E-state index < -0.39 is 5.91 Å². The lowest BCUT2D eigenvalue weighted by molar-refractivity contribution is 0.100. The monoisotopic (exact) mass is 245 g/mol. The molecule has 18 heavy (non-hydrogen) atoms. The van der Waals surface area contributed by atoms with Gasteiger partial charge in [0, 0.05) is 17.9 Å². The molecule has 0 aromatic heterocycles. The fourth-order valence-corrected chi connectivity index (χ4v) is 2.78. The van der Waals surface area contributed by atoms with E-state index in [4.69, 9.17) is 11.5 Å². The SMILES string of the molecule is NC(=O)c1cc(N)ccc1NCC1(C2CC2)CC1. The van der Waals surface area contributed by atoms with Crippen LogP contribution in [0, 0.1) is 11.3 Å². The molecule has 0 unspecified atom stereocenters. The van der Waals surface area contributed by atoms with Crippen molar-refractivity contribution in [1.29, 1.82) is 0 Å². The van der Waals surface area contributed by atoms with Gasteiger partial charge in [0.25, 0.3) is 5.91 Å². The third-order valence-corrected chi connectivity index (χ3v) is 4.28. The van der Waals surface area contributed by atoms with Crippen molar-refractivity contribution >= 4 is 17.3 Å². The van der Waals surface area contributed by atoms with Crippen LogP contribution in [0.15, 0.2) is 18.2 Å². The summed E-state index contributed by atoms with van der Waals surface area (Å²) < 4.78 is 0. The van der Waals surface area contributed by atoms with Gasteiger partial charge in [0.05, 0.1) is 5.56 Å². The minimum atomic E-state index is -0.430. The summed E-state index contributed by atoms with van der Waals surface area (Å²) in [5.41, 5.74) is 13.4. The van der Waals surface area contributed by atoms with Gasteiger partial charge in [-0.25, -0.2) is 0 Å². The molecule has 96 valence electrons. The summed E-state index contributed by atoms with van der Waals surface area (Å²) in [6.07, 6.45) is 5.36. The van der Waals surface area contributed by atoms with Crippen LogP contribution in [-0.4, -0.2) is 12.5 Å². The molecule has 3 rings (SSSR count). The van der Waals surface area contributed by atoms with Gasteiger partial charge in [-0.2, -0.15) is 0 Å². The van der Waals surface area contributed by atoms with Crippen molar-refractivity contribution in [2.45, 2.75) is 25.7 Å². The molecule has 0 bridgehead atoms. The highest BCUT2D eigenvalue weighted by atomic mass is 16.1. The van der Waals surface area contributed by atoms with E-state index in [2.05, 4.69) is 5.32 Å². The first kappa shape index (κ1) is 11.4. The fraction of sp³-hybridized carbons (Fsp3) is 0.500. The Bertz CT molecular complexity index is 490. The highest BCUT2D eigenvalue weighted by Gasteiger charge is 2.53. The molecular formula is C14H19N3O. The number of nitrogens with two attached hydrogens (primary N) is 2. The van der Waals surface area contributed by atoms with E-state index in [0.717, 1.165) is 18.2 Å². The number of hydrogen-bond acceptors (Lipinski definition) is 3. The van der Waals surface area contributed by atoms with Crippen molar-refractivity contribution in [3.05, 3.63) is 23.8 Å². The third-order valence-electron chi connectivity index (χ3n) is 4.28. The van der Waals surface area contributed by atoms with Crippen LogP contribution in [0.3, 0.4) is 0 Å². The number of carbonyl (C=O) groups is 1. The number of hydrogen-bond donors (Lipinski definition) is 3. The summed E-state index contributed by atoms with van der Waals surface area (Å²) in [7, 11) is 0. The van der Waals surface area contributed by atoms with E-state index in [1.54, 1.807) is 12.1 Å². The number of nitrogen functional groups attached to an aromatic ring is 1. The molecule has 0 saturated heterocycles. The second-order valence-corrected chi connectivity index (χ2v) is 5.66. The van der Waals surface area contributed by atoms with Crippen molar-refractivity contribution in [2.75, 3.05) is 17.6 Å². The molecule has 0 atom stereocenters. The van der Waals surface area contributed by atoms with Crippen molar-refractivity contribution in [2.24, 2.45) is 17.1 Å². The molecule has 4 heteroatoms. The number of rotatable bonds is 5. The van der Waals surface area contributed by atoms with Gasteiger partial charge >= 0.3 is 0 Å². The van der Waals surface area contributed by atoms with Crippen LogP contribution in [0.25, 0.3) is 0 Å². The zero-order valence-electron chi connectivity index (χ0n) is 10.4. The van der Waals surface area contributed by atoms with E-state index in [1.807, 2.05) is 6.07 Å². The number of nitrogens with one attached hydrogen (secondary N) is 1. The van der Waals surface area contributed by atoms with Crippen LogP contribution in [0.5, 0.6) is 0 Å². The molecule has 0 radical (unpaired) electrons. The normalized spacial score (nSPS) is 20.4. The highest BCUT2D eigenvalue weighted by molar-refractivity contribution is 5.99. The topological polar surface area (TPSA) is 81.1 Å². The van der Waals surface area contributed by atoms with Gasteiger partial charge in [-0.1, -0.05) is 0 Å². The molecular weight excluding hydrogens is 226 g/mol. The van der Waals surface area contributed by atoms with Gasteiger partial charge in [-0.15, -0.1) is 0 Å². The third kappa shape index (κ3) is 2.03. The Morgan fingerprint density at radius 1 is 1.39 bits per heavy atom. The van der Waals surface area contributed by atoms with Crippen LogP contribution in [-0.2, 0) is 0 Å². The minimum Gasteiger partial charge on any atom is -0.399 e. The molecule has 2 saturated carbocycles. The summed E-state index contributed by atoms with van der Waals surface area (Å²) in [6.45, 7) is 0.946. The molecule has 2 fully saturated rings. The Morgan fingerprint density at radius 3 is 2.67 bits per heavy atom. The zero-order chi connectivity index (χ0) is 12.8. The fourth-order valence-electron chi connectivity index (χ4n) is 2.78. The molecule has 5 N–H and O–H groups in total. The standard InChI is InChI=1S/C14H19N3O/c15-10-3-4-12(11(7-10)13(16)18)17-8-14(5-6-14)9-1-2-9/h3-4,7,9,17H,1-2,5-6,8,15H2,(H2,16,18). The maximum absolute atomic E-state index is 11.4. The summed E-state index contributed by atoms with van der Waals surface area (Å²) >= 11 is 0. The quantitative estimate of drug-likeness (QED) is 0.694. The van der Waals surface area contributed by atoms with Crippen LogP contribution in [0.4, 0.5) is 11.4 Å². The molecule has 1 aromatic carbocycles. The maximum atomic E-state index is 11.4. The smallest absolute Gasteiger partial charge is 0.250 e. The van der Waals surface area contributed by atoms with E-state index in [1.165, 1.54) is 25.7 Å². The summed E-state index contributed by atoms with van der Waals surface area (Å²) in [4.78, 5) is 11.4. The van der Waals surface area contributed by atoms with Gasteiger partial charge in [0.15, 0.2) is 0 Å². The predicted octanol–water partition coefficient (Wildman–Crippen LogP) is 1.97. The first-order valence-corrected chi connectivity index (χ1v) is 6.54. The van der Waals surface area contributed by atoms with E-state index in [-0.39, 0.29) is 0 Å². The molecule has 2 aliphatic carbocycles. The first-order valence-electron chi connectivity index (χ1n) is 6.54. The number of primary amides is 1. The largest absolute Gasteiger partial charge is 0.399 e. The molecule has 4 nitrogen and oxygen atoms in total. The van der Waals surface area contributed by atoms with Crippen LogP contribution < -0.4 is 16.8 Å². The Morgan fingerprint density at radius 2 is 2.11 bits per heavy atom. The minimum absolute atomic E-state index is 0.430. The van der Waals surface area contributed by atoms with Crippen molar-refractivity contribution in [3.63, 3.8) is 0 Å². The van der Waals surface area contributed by atoms with E-state index >= 15 is 0 Å². The second kappa shape index (κ2) is 3.90. The molecule has 0 heterocycles. The number of carbonyl (C=O) groups excluding carboxylic acids is 1.